The molecule has 0 aromatic heterocycles. The first-order valence-electron chi connectivity index (χ1n) is 15.5. The molecule has 234 valence electrons. The summed E-state index contributed by atoms with van der Waals surface area (Å²) < 4.78 is 0. The van der Waals surface area contributed by atoms with Gasteiger partial charge in [0.1, 0.15) is 6.04 Å². The number of hydrogen-bond acceptors (Lipinski definition) is 4. The maximum absolute atomic E-state index is 13.7. The van der Waals surface area contributed by atoms with Gasteiger partial charge < -0.3 is 15.7 Å². The van der Waals surface area contributed by atoms with E-state index in [-0.39, 0.29) is 29.9 Å². The van der Waals surface area contributed by atoms with E-state index in [4.69, 9.17) is 5.11 Å². The standard InChI is InChI=1S/C39H44N2O4/c1-25-22-26(2)37(27(3)23-25)30-12-10-28(11-13-30)24-34(38(45)41-33-20-16-31(17-21-33)39(4,5)6)40-32-18-14-29(15-19-32)35(42)8-7-9-36(43)44/h10-23,34,40H,7-9,24H2,1-6H3,(H,41,45)(H,43,44)/t34-/m0/s1. The molecule has 4 aromatic rings. The molecule has 0 radical (unpaired) electrons. The number of amides is 1. The summed E-state index contributed by atoms with van der Waals surface area (Å²) in [5, 5.41) is 15.3. The Balaban J connectivity index is 1.54. The van der Waals surface area contributed by atoms with Gasteiger partial charge in [0.2, 0.25) is 5.91 Å². The van der Waals surface area contributed by atoms with Crippen LogP contribution in [0.5, 0.6) is 0 Å². The average Bonchev–Trinajstić information content (AvgIpc) is 2.97. The van der Waals surface area contributed by atoms with Gasteiger partial charge in [-0.05, 0) is 102 Å². The van der Waals surface area contributed by atoms with Crippen molar-refractivity contribution in [2.24, 2.45) is 0 Å². The fourth-order valence-electron chi connectivity index (χ4n) is 5.67. The number of aryl methyl sites for hydroxylation is 3. The summed E-state index contributed by atoms with van der Waals surface area (Å²) in [6.45, 7) is 12.8. The number of carbonyl (C=O) groups excluding carboxylic acids is 2. The van der Waals surface area contributed by atoms with Crippen molar-refractivity contribution in [3.05, 3.63) is 118 Å². The second-order valence-electron chi connectivity index (χ2n) is 12.9. The molecule has 0 aliphatic rings. The van der Waals surface area contributed by atoms with E-state index in [0.717, 1.165) is 16.8 Å². The van der Waals surface area contributed by atoms with Crippen LogP contribution in [0.4, 0.5) is 11.4 Å². The summed E-state index contributed by atoms with van der Waals surface area (Å²) in [6, 6.07) is 27.1. The maximum atomic E-state index is 13.7. The lowest BCUT2D eigenvalue weighted by Gasteiger charge is -2.22. The molecule has 0 aliphatic carbocycles. The number of benzene rings is 4. The summed E-state index contributed by atoms with van der Waals surface area (Å²) in [5.41, 5.74) is 10.3. The number of hydrogen-bond donors (Lipinski definition) is 3. The number of anilines is 2. The molecule has 0 unspecified atom stereocenters. The van der Waals surface area contributed by atoms with Crippen molar-refractivity contribution >= 4 is 29.0 Å². The molecule has 1 amide bonds. The van der Waals surface area contributed by atoms with E-state index in [0.29, 0.717) is 24.1 Å². The van der Waals surface area contributed by atoms with Crippen molar-refractivity contribution in [1.29, 1.82) is 0 Å². The van der Waals surface area contributed by atoms with Crippen LogP contribution >= 0.6 is 0 Å². The predicted octanol–water partition coefficient (Wildman–Crippen LogP) is 8.68. The average molecular weight is 605 g/mol. The topological polar surface area (TPSA) is 95.5 Å². The van der Waals surface area contributed by atoms with Crippen LogP contribution in [-0.4, -0.2) is 28.8 Å². The second kappa shape index (κ2) is 14.4. The first-order valence-corrected chi connectivity index (χ1v) is 15.5. The number of carbonyl (C=O) groups is 3. The van der Waals surface area contributed by atoms with Crippen molar-refractivity contribution in [2.75, 3.05) is 10.6 Å². The highest BCUT2D eigenvalue weighted by Gasteiger charge is 2.21. The Morgan fingerprint density at radius 2 is 1.33 bits per heavy atom. The smallest absolute Gasteiger partial charge is 0.303 e. The molecule has 6 nitrogen and oxygen atoms in total. The van der Waals surface area contributed by atoms with Crippen LogP contribution in [0.3, 0.4) is 0 Å². The van der Waals surface area contributed by atoms with Gasteiger partial charge in [0.25, 0.3) is 0 Å². The molecule has 45 heavy (non-hydrogen) atoms. The molecule has 0 heterocycles. The number of carboxylic acids is 1. The number of aliphatic carboxylic acids is 1. The van der Waals surface area contributed by atoms with Gasteiger partial charge in [0.15, 0.2) is 5.78 Å². The number of ketones is 1. The molecule has 4 rings (SSSR count). The maximum Gasteiger partial charge on any atom is 0.303 e. The largest absolute Gasteiger partial charge is 0.481 e. The van der Waals surface area contributed by atoms with Crippen molar-refractivity contribution in [2.45, 2.75) is 78.7 Å². The van der Waals surface area contributed by atoms with Crippen molar-refractivity contribution in [3.63, 3.8) is 0 Å². The normalized spacial score (nSPS) is 12.0. The minimum absolute atomic E-state index is 0.0122. The van der Waals surface area contributed by atoms with Gasteiger partial charge in [0.05, 0.1) is 0 Å². The number of rotatable bonds is 12. The van der Waals surface area contributed by atoms with Gasteiger partial charge >= 0.3 is 5.97 Å². The van der Waals surface area contributed by atoms with Crippen LogP contribution in [0.25, 0.3) is 11.1 Å². The van der Waals surface area contributed by atoms with E-state index in [2.05, 4.69) is 88.6 Å². The molecule has 0 saturated heterocycles. The summed E-state index contributed by atoms with van der Waals surface area (Å²) in [4.78, 5) is 37.0. The lowest BCUT2D eigenvalue weighted by molar-refractivity contribution is -0.137. The Morgan fingerprint density at radius 1 is 0.756 bits per heavy atom. The van der Waals surface area contributed by atoms with Crippen LogP contribution in [0.1, 0.15) is 78.2 Å². The van der Waals surface area contributed by atoms with E-state index in [1.807, 2.05) is 24.3 Å². The Labute approximate surface area is 266 Å². The summed E-state index contributed by atoms with van der Waals surface area (Å²) >= 11 is 0. The zero-order chi connectivity index (χ0) is 32.7. The molecule has 1 atom stereocenters. The van der Waals surface area contributed by atoms with E-state index < -0.39 is 12.0 Å². The molecule has 4 aromatic carbocycles. The predicted molar refractivity (Wildman–Crippen MR) is 183 cm³/mol. The summed E-state index contributed by atoms with van der Waals surface area (Å²) in [5.74, 6) is -1.18. The lowest BCUT2D eigenvalue weighted by atomic mass is 9.87. The van der Waals surface area contributed by atoms with Crippen molar-refractivity contribution < 1.29 is 19.5 Å². The van der Waals surface area contributed by atoms with Crippen LogP contribution in [0.15, 0.2) is 84.9 Å². The SMILES string of the molecule is Cc1cc(C)c(-c2ccc(C[C@H](Nc3ccc(C(=O)CCCC(=O)O)cc3)C(=O)Nc3ccc(C(C)(C)C)cc3)cc2)c(C)c1. The van der Waals surface area contributed by atoms with Gasteiger partial charge in [-0.2, -0.15) is 0 Å². The minimum Gasteiger partial charge on any atom is -0.481 e. The highest BCUT2D eigenvalue weighted by molar-refractivity contribution is 5.98. The Kier molecular flexibility index (Phi) is 10.6. The zero-order valence-electron chi connectivity index (χ0n) is 27.2. The van der Waals surface area contributed by atoms with Gasteiger partial charge in [0, 0.05) is 36.2 Å². The van der Waals surface area contributed by atoms with Crippen LogP contribution in [-0.2, 0) is 21.4 Å². The zero-order valence-corrected chi connectivity index (χ0v) is 27.2. The Morgan fingerprint density at radius 3 is 1.89 bits per heavy atom. The van der Waals surface area contributed by atoms with Gasteiger partial charge in [-0.15, -0.1) is 0 Å². The first-order chi connectivity index (χ1) is 21.3. The van der Waals surface area contributed by atoms with Gasteiger partial charge in [-0.1, -0.05) is 74.9 Å². The van der Waals surface area contributed by atoms with E-state index in [1.54, 1.807) is 24.3 Å². The highest BCUT2D eigenvalue weighted by Crippen LogP contribution is 2.29. The fourth-order valence-corrected chi connectivity index (χ4v) is 5.67. The molecule has 6 heteroatoms. The van der Waals surface area contributed by atoms with E-state index >= 15 is 0 Å². The number of Topliss-reactive ketones (excluding diaryl/α,β-unsaturated/α-hetero) is 1. The quantitative estimate of drug-likeness (QED) is 0.141. The van der Waals surface area contributed by atoms with E-state index in [9.17, 15) is 14.4 Å². The van der Waals surface area contributed by atoms with Gasteiger partial charge in [-0.3, -0.25) is 14.4 Å². The monoisotopic (exact) mass is 604 g/mol. The molecule has 0 fully saturated rings. The number of carboxylic acid groups (broad SMARTS) is 1. The molecular formula is C39H44N2O4. The van der Waals surface area contributed by atoms with Crippen molar-refractivity contribution in [1.82, 2.24) is 0 Å². The molecular weight excluding hydrogens is 560 g/mol. The third-order valence-electron chi connectivity index (χ3n) is 8.04. The van der Waals surface area contributed by atoms with Crippen molar-refractivity contribution in [3.8, 4) is 11.1 Å². The summed E-state index contributed by atoms with van der Waals surface area (Å²) in [6.07, 6.45) is 0.894. The Hall–Kier alpha value is -4.71. The lowest BCUT2D eigenvalue weighted by Crippen LogP contribution is -2.36. The second-order valence-corrected chi connectivity index (χ2v) is 12.9. The number of nitrogens with one attached hydrogen (secondary N) is 2. The highest BCUT2D eigenvalue weighted by atomic mass is 16.4. The molecule has 0 aliphatic heterocycles. The summed E-state index contributed by atoms with van der Waals surface area (Å²) in [7, 11) is 0. The molecule has 0 saturated carbocycles. The Bertz CT molecular complexity index is 1620. The fraction of sp³-hybridized carbons (Fsp3) is 0.308. The van der Waals surface area contributed by atoms with E-state index in [1.165, 1.54) is 27.8 Å². The van der Waals surface area contributed by atoms with Gasteiger partial charge in [-0.25, -0.2) is 0 Å². The van der Waals surface area contributed by atoms with Crippen LogP contribution in [0.2, 0.25) is 0 Å². The minimum atomic E-state index is -0.910. The molecule has 0 spiro atoms. The van der Waals surface area contributed by atoms with Crippen LogP contribution < -0.4 is 10.6 Å². The first kappa shape index (κ1) is 33.2. The third kappa shape index (κ3) is 9.15. The molecule has 0 bridgehead atoms. The third-order valence-corrected chi connectivity index (χ3v) is 8.04. The van der Waals surface area contributed by atoms with Crippen LogP contribution in [0, 0.1) is 20.8 Å². The molecule has 3 N–H and O–H groups in total.